The van der Waals surface area contributed by atoms with Gasteiger partial charge in [-0.3, -0.25) is 4.79 Å². The van der Waals surface area contributed by atoms with Crippen molar-refractivity contribution < 1.29 is 24.1 Å². The number of carboxylic acid groups (broad SMARTS) is 1. The molecule has 4 bridgehead atoms. The van der Waals surface area contributed by atoms with E-state index in [0.29, 0.717) is 32.1 Å². The van der Waals surface area contributed by atoms with E-state index in [9.17, 15) is 14.7 Å². The van der Waals surface area contributed by atoms with Crippen LogP contribution in [0.4, 0.5) is 0 Å². The maximum Gasteiger partial charge on any atom is 0.335 e. The molecule has 1 fully saturated rings. The first-order valence-electron chi connectivity index (χ1n) is 16.5. The molecule has 8 rings (SSSR count). The van der Waals surface area contributed by atoms with E-state index < -0.39 is 5.97 Å². The first-order chi connectivity index (χ1) is 24.0. The molecule has 0 spiro atoms. The van der Waals surface area contributed by atoms with Crippen LogP contribution in [0.15, 0.2) is 95.9 Å². The van der Waals surface area contributed by atoms with Crippen molar-refractivity contribution in [1.82, 2.24) is 19.5 Å². The summed E-state index contributed by atoms with van der Waals surface area (Å²) in [6.45, 7) is 2.19. The van der Waals surface area contributed by atoms with Gasteiger partial charge in [0.1, 0.15) is 18.2 Å². The molecule has 0 aliphatic carbocycles. The van der Waals surface area contributed by atoms with Gasteiger partial charge in [0, 0.05) is 42.5 Å². The van der Waals surface area contributed by atoms with Crippen LogP contribution in [0.5, 0.6) is 11.6 Å². The van der Waals surface area contributed by atoms with E-state index in [-0.39, 0.29) is 17.2 Å². The Labute approximate surface area is 282 Å². The highest BCUT2D eigenvalue weighted by Crippen LogP contribution is 2.32. The van der Waals surface area contributed by atoms with E-state index in [2.05, 4.69) is 27.8 Å². The third-order valence-electron chi connectivity index (χ3n) is 9.24. The number of carbonyl (C=O) groups is 1. The van der Waals surface area contributed by atoms with Crippen LogP contribution in [0.3, 0.4) is 0 Å². The highest BCUT2D eigenvalue weighted by molar-refractivity contribution is 5.92. The third-order valence-corrected chi connectivity index (χ3v) is 9.24. The second-order valence-corrected chi connectivity index (χ2v) is 12.5. The zero-order chi connectivity index (χ0) is 33.3. The Hall–Kier alpha value is -5.74. The van der Waals surface area contributed by atoms with Gasteiger partial charge in [-0.1, -0.05) is 36.4 Å². The zero-order valence-corrected chi connectivity index (χ0v) is 26.7. The van der Waals surface area contributed by atoms with E-state index in [1.165, 1.54) is 6.07 Å². The summed E-state index contributed by atoms with van der Waals surface area (Å²) in [6, 6.07) is 26.6. The number of H-pyrrole nitrogens is 1. The predicted molar refractivity (Wildman–Crippen MR) is 184 cm³/mol. The largest absolute Gasteiger partial charge is 0.493 e. The molecule has 2 aliphatic rings. The van der Waals surface area contributed by atoms with Crippen LogP contribution in [0, 0.1) is 0 Å². The molecule has 2 N–H and O–H groups in total. The number of carboxylic acids is 1. The molecular weight excluding hydrogens is 620 g/mol. The molecule has 1 unspecified atom stereocenters. The molecule has 0 saturated carbocycles. The maximum absolute atomic E-state index is 11.8. The summed E-state index contributed by atoms with van der Waals surface area (Å²) in [5.41, 5.74) is 8.41. The minimum atomic E-state index is -0.972. The van der Waals surface area contributed by atoms with Gasteiger partial charge in [-0.15, -0.1) is 0 Å². The van der Waals surface area contributed by atoms with E-state index in [1.54, 1.807) is 24.4 Å². The summed E-state index contributed by atoms with van der Waals surface area (Å²) < 4.78 is 20.6. The number of aromatic nitrogens is 4. The number of hydrogen-bond donors (Lipinski definition) is 2. The molecule has 5 heterocycles. The topological polar surface area (TPSA) is 129 Å². The number of aromatic amines is 1. The third kappa shape index (κ3) is 6.42. The fraction of sp³-hybridized carbons (Fsp3) is 0.231. The molecule has 246 valence electrons. The molecule has 1 saturated heterocycles. The van der Waals surface area contributed by atoms with Gasteiger partial charge in [0.05, 0.1) is 41.5 Å². The van der Waals surface area contributed by atoms with Crippen molar-refractivity contribution in [2.24, 2.45) is 0 Å². The number of fused-ring (bicyclic) bond motifs is 7. The number of aromatic carboxylic acids is 1. The number of pyridine rings is 2. The minimum Gasteiger partial charge on any atom is -0.493 e. The van der Waals surface area contributed by atoms with Crippen molar-refractivity contribution in [3.8, 4) is 34.0 Å². The SMILES string of the molecule is O=C(O)c1ccc2nc(Cc3ccc4cc3OCCCc3cc(-c5ccc(=O)[nH]c5)ccc3COc3cccc-4n3)n(CC3CCO3)c2c1. The molecule has 10 nitrogen and oxygen atoms in total. The van der Waals surface area contributed by atoms with Gasteiger partial charge in [0.2, 0.25) is 11.4 Å². The minimum absolute atomic E-state index is 0.0643. The van der Waals surface area contributed by atoms with Crippen LogP contribution in [0.25, 0.3) is 33.4 Å². The lowest BCUT2D eigenvalue weighted by Gasteiger charge is -2.27. The number of nitrogens with one attached hydrogen (secondary N) is 1. The van der Waals surface area contributed by atoms with Crippen molar-refractivity contribution in [3.63, 3.8) is 0 Å². The second kappa shape index (κ2) is 13.0. The van der Waals surface area contributed by atoms with Crippen molar-refractivity contribution in [1.29, 1.82) is 0 Å². The normalized spacial score (nSPS) is 15.7. The lowest BCUT2D eigenvalue weighted by Crippen LogP contribution is -2.31. The maximum atomic E-state index is 11.8. The second-order valence-electron chi connectivity index (χ2n) is 12.5. The molecule has 3 aromatic heterocycles. The molecule has 10 heteroatoms. The Morgan fingerprint density at radius 1 is 0.898 bits per heavy atom. The Kier molecular flexibility index (Phi) is 8.14. The van der Waals surface area contributed by atoms with Gasteiger partial charge in [-0.25, -0.2) is 14.8 Å². The molecule has 2 aliphatic heterocycles. The Balaban J connectivity index is 1.13. The standard InChI is InChI=1S/C39H34N4O6/c44-37-13-11-29(21-40-37)25-6-9-30-23-49-38-5-1-4-32(42-38)26-7-8-27(35(19-26)48-15-2-3-24(30)17-25)20-36-41-33-12-10-28(39(45)46)18-34(33)43(36)22-31-14-16-47-31/h1,4-13,17-19,21,31H,2-3,14-16,20,22-23H2,(H,40,44)(H,45,46). The molecule has 1 atom stereocenters. The molecule has 6 aromatic rings. The number of imidazole rings is 1. The number of nitrogens with zero attached hydrogens (tertiary/aromatic N) is 3. The van der Waals surface area contributed by atoms with Crippen LogP contribution in [-0.4, -0.2) is 49.9 Å². The summed E-state index contributed by atoms with van der Waals surface area (Å²) in [6.07, 6.45) is 4.77. The summed E-state index contributed by atoms with van der Waals surface area (Å²) in [7, 11) is 0. The molecular formula is C39H34N4O6. The molecule has 3 aromatic carbocycles. The van der Waals surface area contributed by atoms with Gasteiger partial charge >= 0.3 is 5.97 Å². The highest BCUT2D eigenvalue weighted by Gasteiger charge is 2.23. The number of aryl methyl sites for hydroxylation is 1. The predicted octanol–water partition coefficient (Wildman–Crippen LogP) is 6.44. The van der Waals surface area contributed by atoms with Crippen molar-refractivity contribution in [3.05, 3.63) is 130 Å². The molecule has 49 heavy (non-hydrogen) atoms. The zero-order valence-electron chi connectivity index (χ0n) is 26.7. The number of rotatable bonds is 6. The van der Waals surface area contributed by atoms with E-state index in [4.69, 9.17) is 24.2 Å². The van der Waals surface area contributed by atoms with Crippen LogP contribution >= 0.6 is 0 Å². The summed E-state index contributed by atoms with van der Waals surface area (Å²) >= 11 is 0. The fourth-order valence-electron chi connectivity index (χ4n) is 6.46. The van der Waals surface area contributed by atoms with E-state index in [1.807, 2.05) is 42.5 Å². The molecule has 0 radical (unpaired) electrons. The highest BCUT2D eigenvalue weighted by atomic mass is 16.5. The van der Waals surface area contributed by atoms with Crippen molar-refractivity contribution in [2.45, 2.75) is 44.9 Å². The Bertz CT molecular complexity index is 2230. The van der Waals surface area contributed by atoms with Crippen LogP contribution in [-0.2, 0) is 30.7 Å². The lowest BCUT2D eigenvalue weighted by molar-refractivity contribution is -0.0589. The Morgan fingerprint density at radius 3 is 2.59 bits per heavy atom. The first kappa shape index (κ1) is 30.6. The summed E-state index contributed by atoms with van der Waals surface area (Å²) in [5, 5.41) is 9.66. The van der Waals surface area contributed by atoms with Gasteiger partial charge < -0.3 is 28.9 Å². The van der Waals surface area contributed by atoms with Gasteiger partial charge in [-0.05, 0) is 77.9 Å². The summed E-state index contributed by atoms with van der Waals surface area (Å²) in [5.74, 6) is 1.12. The molecule has 0 amide bonds. The van der Waals surface area contributed by atoms with Gasteiger partial charge in [-0.2, -0.15) is 0 Å². The van der Waals surface area contributed by atoms with Gasteiger partial charge in [0.25, 0.3) is 0 Å². The van der Waals surface area contributed by atoms with Crippen LogP contribution < -0.4 is 15.0 Å². The van der Waals surface area contributed by atoms with Crippen LogP contribution in [0.2, 0.25) is 0 Å². The number of benzene rings is 3. The first-order valence-corrected chi connectivity index (χ1v) is 16.5. The summed E-state index contributed by atoms with van der Waals surface area (Å²) in [4.78, 5) is 36.0. The van der Waals surface area contributed by atoms with E-state index in [0.717, 1.165) is 87.6 Å². The number of hydrogen-bond acceptors (Lipinski definition) is 7. The van der Waals surface area contributed by atoms with Crippen molar-refractivity contribution in [2.75, 3.05) is 13.2 Å². The monoisotopic (exact) mass is 654 g/mol. The average molecular weight is 655 g/mol. The van der Waals surface area contributed by atoms with Gasteiger partial charge in [0.15, 0.2) is 0 Å². The number of ether oxygens (including phenoxy) is 3. The smallest absolute Gasteiger partial charge is 0.335 e. The fourth-order valence-corrected chi connectivity index (χ4v) is 6.46. The van der Waals surface area contributed by atoms with E-state index >= 15 is 0 Å². The van der Waals surface area contributed by atoms with Crippen LogP contribution in [0.1, 0.15) is 45.7 Å². The average Bonchev–Trinajstić information content (AvgIpc) is 3.44. The Morgan fingerprint density at radius 2 is 1.78 bits per heavy atom. The lowest BCUT2D eigenvalue weighted by atomic mass is 9.97. The van der Waals surface area contributed by atoms with Crippen molar-refractivity contribution >= 4 is 17.0 Å². The quantitative estimate of drug-likeness (QED) is 0.210.